The Balaban J connectivity index is 2.60. The molecule has 1 amide bonds. The van der Waals surface area contributed by atoms with Crippen LogP contribution in [-0.4, -0.2) is 31.8 Å². The molecular weight excluding hydrogens is 210 g/mol. The highest BCUT2D eigenvalue weighted by atomic mass is 16.5. The van der Waals surface area contributed by atoms with Gasteiger partial charge >= 0.3 is 12.1 Å². The fourth-order valence-electron chi connectivity index (χ4n) is 1.71. The van der Waals surface area contributed by atoms with Crippen LogP contribution in [0.5, 0.6) is 0 Å². The molecule has 0 fully saturated rings. The summed E-state index contributed by atoms with van der Waals surface area (Å²) >= 11 is 0. The number of rotatable bonds is 3. The highest BCUT2D eigenvalue weighted by Crippen LogP contribution is 2.20. The second-order valence-corrected chi connectivity index (χ2v) is 3.53. The third-order valence-corrected chi connectivity index (χ3v) is 2.49. The molecule has 1 rings (SSSR count). The number of esters is 1. The van der Waals surface area contributed by atoms with Crippen molar-refractivity contribution in [3.8, 4) is 0 Å². The number of allylic oxidation sites excluding steroid dienone is 1. The van der Waals surface area contributed by atoms with Crippen molar-refractivity contribution >= 4 is 12.1 Å². The Hall–Kier alpha value is -1.52. The summed E-state index contributed by atoms with van der Waals surface area (Å²) in [6, 6.07) is -0.333. The lowest BCUT2D eigenvalue weighted by atomic mass is 9.90. The molecule has 0 saturated carbocycles. The molecular formula is C11H17NO4. The van der Waals surface area contributed by atoms with Crippen molar-refractivity contribution in [1.82, 2.24) is 5.32 Å². The van der Waals surface area contributed by atoms with Gasteiger partial charge in [-0.1, -0.05) is 12.2 Å². The zero-order chi connectivity index (χ0) is 12.0. The molecule has 1 aliphatic carbocycles. The maximum atomic E-state index is 11.5. The van der Waals surface area contributed by atoms with E-state index in [2.05, 4.69) is 5.32 Å². The van der Waals surface area contributed by atoms with E-state index in [9.17, 15) is 9.59 Å². The molecule has 5 heteroatoms. The Morgan fingerprint density at radius 2 is 2.25 bits per heavy atom. The van der Waals surface area contributed by atoms with E-state index in [1.165, 1.54) is 7.11 Å². The largest absolute Gasteiger partial charge is 0.469 e. The molecule has 0 unspecified atom stereocenters. The van der Waals surface area contributed by atoms with E-state index in [-0.39, 0.29) is 17.9 Å². The van der Waals surface area contributed by atoms with E-state index in [0.29, 0.717) is 13.0 Å². The van der Waals surface area contributed by atoms with Gasteiger partial charge in [0.15, 0.2) is 0 Å². The third kappa shape index (κ3) is 3.25. The van der Waals surface area contributed by atoms with Gasteiger partial charge in [0, 0.05) is 0 Å². The first kappa shape index (κ1) is 12.5. The molecule has 90 valence electrons. The van der Waals surface area contributed by atoms with Crippen LogP contribution < -0.4 is 5.32 Å². The number of nitrogens with one attached hydrogen (secondary N) is 1. The van der Waals surface area contributed by atoms with E-state index in [1.54, 1.807) is 6.92 Å². The van der Waals surface area contributed by atoms with E-state index >= 15 is 0 Å². The molecule has 1 N–H and O–H groups in total. The molecule has 0 saturated heterocycles. The summed E-state index contributed by atoms with van der Waals surface area (Å²) in [5.74, 6) is -0.620. The molecule has 1 aliphatic rings. The SMILES string of the molecule is CCOC(=O)N[C@@H]1C=CCC[C@@H]1C(=O)OC. The van der Waals surface area contributed by atoms with Crippen LogP contribution in [0.3, 0.4) is 0 Å². The fraction of sp³-hybridized carbons (Fsp3) is 0.636. The van der Waals surface area contributed by atoms with Gasteiger partial charge in [-0.2, -0.15) is 0 Å². The minimum absolute atomic E-state index is 0.300. The molecule has 0 aliphatic heterocycles. The molecule has 0 aromatic rings. The van der Waals surface area contributed by atoms with Gasteiger partial charge in [0.05, 0.1) is 25.7 Å². The van der Waals surface area contributed by atoms with Crippen LogP contribution in [0.1, 0.15) is 19.8 Å². The van der Waals surface area contributed by atoms with Crippen molar-refractivity contribution in [1.29, 1.82) is 0 Å². The number of alkyl carbamates (subject to hydrolysis) is 1. The quantitative estimate of drug-likeness (QED) is 0.582. The molecule has 5 nitrogen and oxygen atoms in total. The number of hydrogen-bond acceptors (Lipinski definition) is 4. The molecule has 16 heavy (non-hydrogen) atoms. The lowest BCUT2D eigenvalue weighted by molar-refractivity contribution is -0.146. The fourth-order valence-corrected chi connectivity index (χ4v) is 1.71. The van der Waals surface area contributed by atoms with Crippen LogP contribution in [-0.2, 0) is 14.3 Å². The summed E-state index contributed by atoms with van der Waals surface area (Å²) in [6.07, 6.45) is 4.74. The number of carbonyl (C=O) groups excluding carboxylic acids is 2. The van der Waals surface area contributed by atoms with Gasteiger partial charge in [0.2, 0.25) is 0 Å². The minimum atomic E-state index is -0.507. The van der Waals surface area contributed by atoms with Crippen LogP contribution in [0.25, 0.3) is 0 Å². The first-order chi connectivity index (χ1) is 7.69. The van der Waals surface area contributed by atoms with Crippen molar-refractivity contribution in [3.63, 3.8) is 0 Å². The second-order valence-electron chi connectivity index (χ2n) is 3.53. The molecule has 0 aromatic carbocycles. The maximum Gasteiger partial charge on any atom is 0.407 e. The summed E-state index contributed by atoms with van der Waals surface area (Å²) in [5.41, 5.74) is 0. The van der Waals surface area contributed by atoms with Crippen molar-refractivity contribution in [2.45, 2.75) is 25.8 Å². The average Bonchev–Trinajstić information content (AvgIpc) is 2.29. The van der Waals surface area contributed by atoms with Crippen LogP contribution in [0.2, 0.25) is 0 Å². The second kappa shape index (κ2) is 6.15. The van der Waals surface area contributed by atoms with Gasteiger partial charge in [0.1, 0.15) is 0 Å². The Labute approximate surface area is 94.8 Å². The molecule has 2 atom stereocenters. The van der Waals surface area contributed by atoms with E-state index < -0.39 is 6.09 Å². The summed E-state index contributed by atoms with van der Waals surface area (Å²) in [6.45, 7) is 2.04. The lowest BCUT2D eigenvalue weighted by Gasteiger charge is -2.25. The van der Waals surface area contributed by atoms with Gasteiger partial charge in [-0.15, -0.1) is 0 Å². The van der Waals surface area contributed by atoms with Gasteiger partial charge in [0.25, 0.3) is 0 Å². The summed E-state index contributed by atoms with van der Waals surface area (Å²) < 4.78 is 9.47. The number of hydrogen-bond donors (Lipinski definition) is 1. The van der Waals surface area contributed by atoms with Gasteiger partial charge in [-0.25, -0.2) is 4.79 Å². The maximum absolute atomic E-state index is 11.5. The van der Waals surface area contributed by atoms with E-state index in [0.717, 1.165) is 6.42 Å². The Morgan fingerprint density at radius 3 is 2.88 bits per heavy atom. The number of ether oxygens (including phenoxy) is 2. The number of methoxy groups -OCH3 is 1. The summed E-state index contributed by atoms with van der Waals surface area (Å²) in [4.78, 5) is 22.7. The monoisotopic (exact) mass is 227 g/mol. The normalized spacial score (nSPS) is 23.6. The van der Waals surface area contributed by atoms with Crippen LogP contribution in [0, 0.1) is 5.92 Å². The van der Waals surface area contributed by atoms with Crippen molar-refractivity contribution in [2.75, 3.05) is 13.7 Å². The lowest BCUT2D eigenvalue weighted by Crippen LogP contribution is -2.43. The predicted molar refractivity (Wildman–Crippen MR) is 57.8 cm³/mol. The molecule has 0 heterocycles. The summed E-state index contributed by atoms with van der Waals surface area (Å²) in [7, 11) is 1.35. The van der Waals surface area contributed by atoms with Crippen molar-refractivity contribution in [3.05, 3.63) is 12.2 Å². The molecule has 0 aromatic heterocycles. The first-order valence-electron chi connectivity index (χ1n) is 5.36. The third-order valence-electron chi connectivity index (χ3n) is 2.49. The van der Waals surface area contributed by atoms with Crippen molar-refractivity contribution in [2.24, 2.45) is 5.92 Å². The molecule has 0 bridgehead atoms. The smallest absolute Gasteiger partial charge is 0.407 e. The first-order valence-corrected chi connectivity index (χ1v) is 5.36. The number of carbonyl (C=O) groups is 2. The van der Waals surface area contributed by atoms with Gasteiger partial charge < -0.3 is 14.8 Å². The van der Waals surface area contributed by atoms with Crippen molar-refractivity contribution < 1.29 is 19.1 Å². The zero-order valence-electron chi connectivity index (χ0n) is 9.56. The Kier molecular flexibility index (Phi) is 4.82. The van der Waals surface area contributed by atoms with E-state index in [4.69, 9.17) is 9.47 Å². The molecule has 0 radical (unpaired) electrons. The molecule has 0 spiro atoms. The Bertz CT molecular complexity index is 288. The average molecular weight is 227 g/mol. The van der Waals surface area contributed by atoms with Gasteiger partial charge in [-0.3, -0.25) is 4.79 Å². The Morgan fingerprint density at radius 1 is 1.50 bits per heavy atom. The van der Waals surface area contributed by atoms with Crippen LogP contribution in [0.15, 0.2) is 12.2 Å². The minimum Gasteiger partial charge on any atom is -0.469 e. The van der Waals surface area contributed by atoms with Crippen LogP contribution in [0.4, 0.5) is 4.79 Å². The standard InChI is InChI=1S/C11H17NO4/c1-3-16-11(14)12-9-7-5-4-6-8(9)10(13)15-2/h5,7-9H,3-4,6H2,1-2H3,(H,12,14)/t8-,9+/m0/s1. The predicted octanol–water partition coefficient (Wildman–Crippen LogP) is 1.24. The highest BCUT2D eigenvalue weighted by molar-refractivity contribution is 5.76. The van der Waals surface area contributed by atoms with Crippen LogP contribution >= 0.6 is 0 Å². The highest BCUT2D eigenvalue weighted by Gasteiger charge is 2.30. The van der Waals surface area contributed by atoms with Gasteiger partial charge in [-0.05, 0) is 19.8 Å². The topological polar surface area (TPSA) is 64.6 Å². The zero-order valence-corrected chi connectivity index (χ0v) is 9.56. The summed E-state index contributed by atoms with van der Waals surface area (Å²) in [5, 5.41) is 2.64. The van der Waals surface area contributed by atoms with E-state index in [1.807, 2.05) is 12.2 Å². The number of amides is 1.